The van der Waals surface area contributed by atoms with Crippen molar-refractivity contribution in [2.24, 2.45) is 11.8 Å². The summed E-state index contributed by atoms with van der Waals surface area (Å²) < 4.78 is 13.4. The Bertz CT molecular complexity index is 1800. The molecule has 2 aromatic carbocycles. The monoisotopic (exact) mass is 634 g/mol. The average Bonchev–Trinajstić information content (AvgIpc) is 3.82. The number of nitrogens with zero attached hydrogens (tertiary/aromatic N) is 6. The molecule has 2 bridgehead atoms. The molecule has 2 amide bonds. The molecule has 2 aromatic heterocycles. The van der Waals surface area contributed by atoms with Crippen molar-refractivity contribution in [1.82, 2.24) is 24.6 Å². The number of benzene rings is 2. The maximum Gasteiger partial charge on any atom is 0.421 e. The Morgan fingerprint density at radius 3 is 2.32 bits per heavy atom. The summed E-state index contributed by atoms with van der Waals surface area (Å²) in [6.07, 6.45) is 8.92. The van der Waals surface area contributed by atoms with Gasteiger partial charge in [0.05, 0.1) is 29.1 Å². The Balaban J connectivity index is 1.18. The number of anilines is 2. The number of carbonyl (C=O) groups is 2. The zero-order valence-corrected chi connectivity index (χ0v) is 27.6. The maximum atomic E-state index is 13.7. The van der Waals surface area contributed by atoms with E-state index in [1.165, 1.54) is 35.3 Å². The molecule has 2 fully saturated rings. The molecule has 0 spiro atoms. The summed E-state index contributed by atoms with van der Waals surface area (Å²) in [4.78, 5) is 39.7. The van der Waals surface area contributed by atoms with E-state index in [-0.39, 0.29) is 12.0 Å². The van der Waals surface area contributed by atoms with Gasteiger partial charge in [0.1, 0.15) is 5.60 Å². The zero-order chi connectivity index (χ0) is 32.9. The van der Waals surface area contributed by atoms with Crippen molar-refractivity contribution < 1.29 is 19.1 Å². The van der Waals surface area contributed by atoms with Crippen molar-refractivity contribution in [2.75, 3.05) is 4.90 Å². The van der Waals surface area contributed by atoms with Gasteiger partial charge in [-0.2, -0.15) is 10.1 Å². The fourth-order valence-corrected chi connectivity index (χ4v) is 7.55. The molecule has 10 nitrogen and oxygen atoms in total. The van der Waals surface area contributed by atoms with E-state index in [0.717, 1.165) is 41.8 Å². The third-order valence-electron chi connectivity index (χ3n) is 9.63. The van der Waals surface area contributed by atoms with Gasteiger partial charge in [-0.3, -0.25) is 4.90 Å². The van der Waals surface area contributed by atoms with Gasteiger partial charge in [0.2, 0.25) is 5.95 Å². The summed E-state index contributed by atoms with van der Waals surface area (Å²) in [7, 11) is 0. The SMILES string of the molecule is C=C(C)OC(=O)N(Cc1ccc(N(C(=O)OC(C)(C)C)c2ncc3cnn([C@H]4C[C@@H]5CC[C@H]4C5)c3n2)cc1)C1Cc2ccccc2C1. The van der Waals surface area contributed by atoms with Gasteiger partial charge >= 0.3 is 12.2 Å². The second kappa shape index (κ2) is 12.1. The molecule has 47 heavy (non-hydrogen) atoms. The number of ether oxygens (including phenoxy) is 2. The van der Waals surface area contributed by atoms with Crippen LogP contribution in [-0.2, 0) is 28.9 Å². The minimum Gasteiger partial charge on any atom is -0.443 e. The van der Waals surface area contributed by atoms with Crippen LogP contribution in [0.5, 0.6) is 0 Å². The number of aromatic nitrogens is 4. The predicted octanol–water partition coefficient (Wildman–Crippen LogP) is 7.90. The summed E-state index contributed by atoms with van der Waals surface area (Å²) in [5.41, 5.74) is 3.92. The zero-order valence-electron chi connectivity index (χ0n) is 27.6. The number of hydrogen-bond acceptors (Lipinski definition) is 7. The summed E-state index contributed by atoms with van der Waals surface area (Å²) >= 11 is 0. The second-order valence-electron chi connectivity index (χ2n) is 14.3. The van der Waals surface area contributed by atoms with Gasteiger partial charge in [-0.1, -0.05) is 49.4 Å². The van der Waals surface area contributed by atoms with Crippen LogP contribution in [-0.4, -0.2) is 48.5 Å². The van der Waals surface area contributed by atoms with Crippen molar-refractivity contribution in [3.05, 3.63) is 90.0 Å². The van der Waals surface area contributed by atoms with Crippen molar-refractivity contribution in [3.63, 3.8) is 0 Å². The van der Waals surface area contributed by atoms with Crippen LogP contribution in [0.4, 0.5) is 21.2 Å². The smallest absolute Gasteiger partial charge is 0.421 e. The van der Waals surface area contributed by atoms with E-state index in [1.54, 1.807) is 18.0 Å². The molecule has 244 valence electrons. The lowest BCUT2D eigenvalue weighted by atomic mass is 9.95. The molecule has 0 radical (unpaired) electrons. The van der Waals surface area contributed by atoms with E-state index in [9.17, 15) is 9.59 Å². The number of carbonyl (C=O) groups excluding carboxylic acids is 2. The summed E-state index contributed by atoms with van der Waals surface area (Å²) in [5, 5.41) is 5.56. The highest BCUT2D eigenvalue weighted by Crippen LogP contribution is 2.51. The summed E-state index contributed by atoms with van der Waals surface area (Å²) in [6, 6.07) is 16.1. The molecular weight excluding hydrogens is 592 g/mol. The number of allylic oxidation sites excluding steroid dienone is 1. The highest BCUT2D eigenvalue weighted by Gasteiger charge is 2.42. The van der Waals surface area contributed by atoms with Crippen molar-refractivity contribution in [3.8, 4) is 0 Å². The number of amides is 2. The maximum absolute atomic E-state index is 13.7. The van der Waals surface area contributed by atoms with E-state index >= 15 is 0 Å². The van der Waals surface area contributed by atoms with Crippen LogP contribution in [0, 0.1) is 11.8 Å². The van der Waals surface area contributed by atoms with Crippen LogP contribution in [0.25, 0.3) is 11.0 Å². The molecule has 0 saturated heterocycles. The van der Waals surface area contributed by atoms with Gasteiger partial charge in [-0.15, -0.1) is 0 Å². The lowest BCUT2D eigenvalue weighted by molar-refractivity contribution is 0.0597. The van der Waals surface area contributed by atoms with Crippen molar-refractivity contribution in [2.45, 2.75) is 90.4 Å². The van der Waals surface area contributed by atoms with Crippen LogP contribution in [0.2, 0.25) is 0 Å². The van der Waals surface area contributed by atoms with Crippen LogP contribution in [0.15, 0.2) is 73.3 Å². The largest absolute Gasteiger partial charge is 0.443 e. The van der Waals surface area contributed by atoms with E-state index in [4.69, 9.17) is 19.6 Å². The highest BCUT2D eigenvalue weighted by molar-refractivity contribution is 5.95. The van der Waals surface area contributed by atoms with E-state index in [1.807, 2.05) is 68.0 Å². The average molecular weight is 635 g/mol. The second-order valence-corrected chi connectivity index (χ2v) is 14.3. The summed E-state index contributed by atoms with van der Waals surface area (Å²) in [6.45, 7) is 11.3. The quantitative estimate of drug-likeness (QED) is 0.190. The van der Waals surface area contributed by atoms with Crippen LogP contribution in [0.1, 0.15) is 76.1 Å². The Hall–Kier alpha value is -4.73. The molecule has 2 saturated carbocycles. The highest BCUT2D eigenvalue weighted by atomic mass is 16.6. The molecule has 3 aliphatic rings. The Labute approximate surface area is 275 Å². The van der Waals surface area contributed by atoms with E-state index < -0.39 is 17.8 Å². The molecule has 0 aliphatic heterocycles. The molecular formula is C37H42N6O4. The lowest BCUT2D eigenvalue weighted by Gasteiger charge is -2.29. The third-order valence-corrected chi connectivity index (χ3v) is 9.63. The van der Waals surface area contributed by atoms with Crippen molar-refractivity contribution in [1.29, 1.82) is 0 Å². The van der Waals surface area contributed by atoms with Gasteiger partial charge in [0.25, 0.3) is 0 Å². The first-order valence-corrected chi connectivity index (χ1v) is 16.6. The number of fused-ring (bicyclic) bond motifs is 4. The summed E-state index contributed by atoms with van der Waals surface area (Å²) in [5.74, 6) is 1.93. The molecule has 3 aliphatic carbocycles. The fraction of sp³-hybridized carbons (Fsp3) is 0.432. The molecule has 3 atom stereocenters. The normalized spacial score (nSPS) is 20.3. The topological polar surface area (TPSA) is 103 Å². The molecule has 7 rings (SSSR count). The predicted molar refractivity (Wildman–Crippen MR) is 179 cm³/mol. The first-order valence-electron chi connectivity index (χ1n) is 16.6. The number of rotatable bonds is 7. The van der Waals surface area contributed by atoms with Crippen molar-refractivity contribution >= 4 is 34.9 Å². The minimum absolute atomic E-state index is 0.0442. The van der Waals surface area contributed by atoms with E-state index in [0.29, 0.717) is 30.0 Å². The number of hydrogen-bond donors (Lipinski definition) is 0. The van der Waals surface area contributed by atoms with Crippen LogP contribution < -0.4 is 4.90 Å². The molecule has 4 aromatic rings. The van der Waals surface area contributed by atoms with Gasteiger partial charge < -0.3 is 9.47 Å². The van der Waals surface area contributed by atoms with Gasteiger partial charge in [-0.05, 0) is 100 Å². The molecule has 0 N–H and O–H groups in total. The lowest BCUT2D eigenvalue weighted by Crippen LogP contribution is -2.40. The Morgan fingerprint density at radius 2 is 1.70 bits per heavy atom. The minimum atomic E-state index is -0.729. The van der Waals surface area contributed by atoms with Gasteiger partial charge in [0, 0.05) is 18.8 Å². The molecule has 2 heterocycles. The Kier molecular flexibility index (Phi) is 7.98. The van der Waals surface area contributed by atoms with E-state index in [2.05, 4.69) is 23.7 Å². The van der Waals surface area contributed by atoms with Crippen LogP contribution >= 0.6 is 0 Å². The molecule has 0 unspecified atom stereocenters. The first-order chi connectivity index (χ1) is 22.5. The Morgan fingerprint density at radius 1 is 0.979 bits per heavy atom. The standard InChI is InChI=1S/C37H42N6O4/c1-23(2)46-35(44)41(31-18-26-8-6-7-9-27(26)19-31)22-24-11-14-30(15-12-24)42(36(45)47-37(3,4)5)34-38-20-29-21-39-43(33(29)40-34)32-17-25-10-13-28(32)16-25/h6-9,11-12,14-15,20-21,25,28,31-32H,1,10,13,16-19,22H2,2-5H3/t25-,28+,32+/m1/s1. The first kappa shape index (κ1) is 30.9. The fourth-order valence-electron chi connectivity index (χ4n) is 7.55. The van der Waals surface area contributed by atoms with Crippen LogP contribution in [0.3, 0.4) is 0 Å². The van der Waals surface area contributed by atoms with Gasteiger partial charge in [0.15, 0.2) is 5.65 Å². The molecule has 10 heteroatoms. The van der Waals surface area contributed by atoms with Gasteiger partial charge in [-0.25, -0.2) is 24.2 Å². The third kappa shape index (κ3) is 6.33.